The molecule has 25 heavy (non-hydrogen) atoms. The van der Waals surface area contributed by atoms with Crippen LogP contribution in [0.3, 0.4) is 0 Å². The third kappa shape index (κ3) is 4.29. The van der Waals surface area contributed by atoms with Crippen LogP contribution >= 0.6 is 0 Å². The fourth-order valence-electron chi connectivity index (χ4n) is 4.01. The number of pyridine rings is 1. The second-order valence-electron chi connectivity index (χ2n) is 7.49. The van der Waals surface area contributed by atoms with Gasteiger partial charge < -0.3 is 9.80 Å². The first-order valence-corrected chi connectivity index (χ1v) is 9.17. The van der Waals surface area contributed by atoms with Gasteiger partial charge >= 0.3 is 0 Å². The van der Waals surface area contributed by atoms with Crippen molar-refractivity contribution in [1.29, 1.82) is 5.26 Å². The molecule has 0 radical (unpaired) electrons. The van der Waals surface area contributed by atoms with Crippen molar-refractivity contribution >= 4 is 11.7 Å². The molecule has 0 N–H and O–H groups in total. The minimum absolute atomic E-state index is 0.252. The predicted octanol–water partition coefficient (Wildman–Crippen LogP) is 1.58. The Bertz CT molecular complexity index is 637. The summed E-state index contributed by atoms with van der Waals surface area (Å²) in [5.74, 6) is 2.20. The van der Waals surface area contributed by atoms with Crippen molar-refractivity contribution in [3.8, 4) is 6.07 Å². The lowest BCUT2D eigenvalue weighted by Gasteiger charge is -2.38. The summed E-state index contributed by atoms with van der Waals surface area (Å²) in [5.41, 5.74) is 0.614. The molecule has 6 nitrogen and oxygen atoms in total. The third-order valence-corrected chi connectivity index (χ3v) is 5.16. The summed E-state index contributed by atoms with van der Waals surface area (Å²) in [4.78, 5) is 23.4. The van der Waals surface area contributed by atoms with Crippen LogP contribution in [0.5, 0.6) is 0 Å². The average molecular weight is 341 g/mol. The van der Waals surface area contributed by atoms with Crippen molar-refractivity contribution in [3.05, 3.63) is 23.9 Å². The quantitative estimate of drug-likeness (QED) is 0.835. The summed E-state index contributed by atoms with van der Waals surface area (Å²) in [6.45, 7) is 9.99. The summed E-state index contributed by atoms with van der Waals surface area (Å²) in [5, 5.41) is 9.23. The zero-order valence-corrected chi connectivity index (χ0v) is 15.2. The Morgan fingerprint density at radius 2 is 1.92 bits per heavy atom. The third-order valence-electron chi connectivity index (χ3n) is 5.16. The summed E-state index contributed by atoms with van der Waals surface area (Å²) < 4.78 is 0. The van der Waals surface area contributed by atoms with Gasteiger partial charge in [0.05, 0.1) is 12.1 Å². The van der Waals surface area contributed by atoms with E-state index in [4.69, 9.17) is 0 Å². The molecule has 0 saturated carbocycles. The largest absolute Gasteiger partial charge is 0.353 e. The van der Waals surface area contributed by atoms with E-state index in [2.05, 4.69) is 34.7 Å². The van der Waals surface area contributed by atoms with Crippen LogP contribution in [-0.4, -0.2) is 66.5 Å². The van der Waals surface area contributed by atoms with Crippen molar-refractivity contribution in [1.82, 2.24) is 14.8 Å². The number of carbonyl (C=O) groups is 1. The molecule has 0 aromatic carbocycles. The number of hydrogen-bond donors (Lipinski definition) is 0. The van der Waals surface area contributed by atoms with Crippen LogP contribution < -0.4 is 4.90 Å². The smallest absolute Gasteiger partial charge is 0.236 e. The highest BCUT2D eigenvalue weighted by molar-refractivity contribution is 5.78. The van der Waals surface area contributed by atoms with E-state index in [1.54, 1.807) is 18.3 Å². The van der Waals surface area contributed by atoms with Gasteiger partial charge in [0.15, 0.2) is 0 Å². The lowest BCUT2D eigenvalue weighted by atomic mass is 9.92. The zero-order valence-electron chi connectivity index (χ0n) is 15.2. The SMILES string of the molecule is C[C@H]1C[C@H](C)CN(C(=O)CN2CCN(c3ncccc3C#N)CC2)C1. The topological polar surface area (TPSA) is 63.5 Å². The average Bonchev–Trinajstić information content (AvgIpc) is 2.61. The highest BCUT2D eigenvalue weighted by atomic mass is 16.2. The van der Waals surface area contributed by atoms with E-state index in [0.717, 1.165) is 45.1 Å². The molecular formula is C19H27N5O. The van der Waals surface area contributed by atoms with Crippen molar-refractivity contribution < 1.29 is 4.79 Å². The number of likely N-dealkylation sites (tertiary alicyclic amines) is 1. The predicted molar refractivity (Wildman–Crippen MR) is 97.1 cm³/mol. The van der Waals surface area contributed by atoms with Crippen LogP contribution in [0.15, 0.2) is 18.3 Å². The van der Waals surface area contributed by atoms with Crippen LogP contribution in [0.4, 0.5) is 5.82 Å². The molecule has 0 bridgehead atoms. The van der Waals surface area contributed by atoms with Crippen LogP contribution in [0.2, 0.25) is 0 Å². The van der Waals surface area contributed by atoms with Gasteiger partial charge in [0.25, 0.3) is 0 Å². The van der Waals surface area contributed by atoms with E-state index >= 15 is 0 Å². The molecule has 134 valence electrons. The summed E-state index contributed by atoms with van der Waals surface area (Å²) in [6, 6.07) is 5.80. The number of anilines is 1. The van der Waals surface area contributed by atoms with Gasteiger partial charge in [0, 0.05) is 45.5 Å². The fourth-order valence-corrected chi connectivity index (χ4v) is 4.01. The number of hydrogen-bond acceptors (Lipinski definition) is 5. The monoisotopic (exact) mass is 341 g/mol. The molecule has 0 aliphatic carbocycles. The lowest BCUT2D eigenvalue weighted by molar-refractivity contribution is -0.135. The van der Waals surface area contributed by atoms with E-state index in [1.165, 1.54) is 6.42 Å². The number of carbonyl (C=O) groups excluding carboxylic acids is 1. The molecule has 6 heteroatoms. The Kier molecular flexibility index (Phi) is 5.54. The number of rotatable bonds is 3. The van der Waals surface area contributed by atoms with Crippen LogP contribution in [0.1, 0.15) is 25.8 Å². The molecule has 2 aliphatic rings. The second-order valence-corrected chi connectivity index (χ2v) is 7.49. The van der Waals surface area contributed by atoms with E-state index in [0.29, 0.717) is 23.9 Å². The van der Waals surface area contributed by atoms with E-state index in [-0.39, 0.29) is 5.91 Å². The van der Waals surface area contributed by atoms with Crippen LogP contribution in [-0.2, 0) is 4.79 Å². The standard InChI is InChI=1S/C19H27N5O/c1-15-10-16(2)13-24(12-15)18(25)14-22-6-8-23(9-7-22)19-17(11-20)4-3-5-21-19/h3-5,15-16H,6-10,12-14H2,1-2H3/t15-,16-/m0/s1. The summed E-state index contributed by atoms with van der Waals surface area (Å²) >= 11 is 0. The minimum atomic E-state index is 0.252. The molecule has 3 rings (SSSR count). The summed E-state index contributed by atoms with van der Waals surface area (Å²) in [6.07, 6.45) is 2.94. The normalized spacial score (nSPS) is 24.8. The van der Waals surface area contributed by atoms with Gasteiger partial charge in [-0.05, 0) is 30.4 Å². The van der Waals surface area contributed by atoms with Gasteiger partial charge in [-0.25, -0.2) is 4.98 Å². The maximum atomic E-state index is 12.6. The Morgan fingerprint density at radius 3 is 2.56 bits per heavy atom. The number of piperazine rings is 1. The first-order valence-electron chi connectivity index (χ1n) is 9.17. The Morgan fingerprint density at radius 1 is 1.24 bits per heavy atom. The second kappa shape index (κ2) is 7.83. The summed E-state index contributed by atoms with van der Waals surface area (Å²) in [7, 11) is 0. The first kappa shape index (κ1) is 17.7. The molecule has 1 aromatic rings. The Hall–Kier alpha value is -2.13. The highest BCUT2D eigenvalue weighted by Crippen LogP contribution is 2.22. The molecule has 3 heterocycles. The number of nitrogens with zero attached hydrogens (tertiary/aromatic N) is 5. The number of nitriles is 1. The van der Waals surface area contributed by atoms with Crippen LogP contribution in [0, 0.1) is 23.2 Å². The molecule has 0 spiro atoms. The number of aromatic nitrogens is 1. The molecule has 2 aliphatic heterocycles. The zero-order chi connectivity index (χ0) is 17.8. The van der Waals surface area contributed by atoms with Gasteiger partial charge in [0.2, 0.25) is 5.91 Å². The molecule has 2 fully saturated rings. The van der Waals surface area contributed by atoms with Gasteiger partial charge in [-0.2, -0.15) is 5.26 Å². The Labute approximate surface area is 150 Å². The van der Waals surface area contributed by atoms with Gasteiger partial charge in [-0.3, -0.25) is 9.69 Å². The number of piperidine rings is 1. The molecule has 0 unspecified atom stereocenters. The van der Waals surface area contributed by atoms with Gasteiger partial charge in [-0.15, -0.1) is 0 Å². The lowest BCUT2D eigenvalue weighted by Crippen LogP contribution is -2.52. The minimum Gasteiger partial charge on any atom is -0.353 e. The highest BCUT2D eigenvalue weighted by Gasteiger charge is 2.28. The fraction of sp³-hybridized carbons (Fsp3) is 0.632. The molecule has 2 saturated heterocycles. The van der Waals surface area contributed by atoms with E-state index in [1.807, 2.05) is 4.90 Å². The van der Waals surface area contributed by atoms with E-state index in [9.17, 15) is 10.1 Å². The molecule has 2 atom stereocenters. The number of amides is 1. The van der Waals surface area contributed by atoms with Crippen LogP contribution in [0.25, 0.3) is 0 Å². The van der Waals surface area contributed by atoms with Crippen molar-refractivity contribution in [2.45, 2.75) is 20.3 Å². The molecule has 1 aromatic heterocycles. The molecular weight excluding hydrogens is 314 g/mol. The Balaban J connectivity index is 1.53. The molecule has 1 amide bonds. The maximum Gasteiger partial charge on any atom is 0.236 e. The maximum absolute atomic E-state index is 12.6. The van der Waals surface area contributed by atoms with Crippen molar-refractivity contribution in [2.75, 3.05) is 50.7 Å². The van der Waals surface area contributed by atoms with Crippen molar-refractivity contribution in [2.24, 2.45) is 11.8 Å². The van der Waals surface area contributed by atoms with Gasteiger partial charge in [0.1, 0.15) is 11.9 Å². The van der Waals surface area contributed by atoms with Crippen molar-refractivity contribution in [3.63, 3.8) is 0 Å². The van der Waals surface area contributed by atoms with E-state index < -0.39 is 0 Å². The first-order chi connectivity index (χ1) is 12.1. The van der Waals surface area contributed by atoms with Gasteiger partial charge in [-0.1, -0.05) is 13.8 Å².